The monoisotopic (exact) mass is 280 g/mol. The summed E-state index contributed by atoms with van der Waals surface area (Å²) >= 11 is 1.25. The SMILES string of the molecule is CCNc1snnc1CN1C(=O)C2C(C1=O)C2(C)C. The number of hydrogen-bond donors (Lipinski definition) is 1. The lowest BCUT2D eigenvalue weighted by Gasteiger charge is -2.19. The molecule has 0 spiro atoms. The number of anilines is 1. The maximum atomic E-state index is 12.2. The number of hydrogen-bond acceptors (Lipinski definition) is 6. The first-order chi connectivity index (χ1) is 8.98. The summed E-state index contributed by atoms with van der Waals surface area (Å²) in [4.78, 5) is 25.7. The molecule has 19 heavy (non-hydrogen) atoms. The number of nitrogens with zero attached hydrogens (tertiary/aromatic N) is 3. The molecule has 1 N–H and O–H groups in total. The van der Waals surface area contributed by atoms with Gasteiger partial charge >= 0.3 is 0 Å². The van der Waals surface area contributed by atoms with Gasteiger partial charge in [0, 0.05) is 18.1 Å². The molecular formula is C12H16N4O2S. The second-order valence-corrected chi connectivity index (χ2v) is 6.37. The Kier molecular flexibility index (Phi) is 2.63. The number of amides is 2. The van der Waals surface area contributed by atoms with Crippen LogP contribution in [-0.2, 0) is 16.1 Å². The topological polar surface area (TPSA) is 75.2 Å². The van der Waals surface area contributed by atoms with Crippen molar-refractivity contribution < 1.29 is 9.59 Å². The van der Waals surface area contributed by atoms with Crippen molar-refractivity contribution in [3.63, 3.8) is 0 Å². The molecule has 3 rings (SSSR count). The molecular weight excluding hydrogens is 264 g/mol. The normalized spacial score (nSPS) is 27.6. The summed E-state index contributed by atoms with van der Waals surface area (Å²) in [6.45, 7) is 6.93. The van der Waals surface area contributed by atoms with Crippen LogP contribution in [0.2, 0.25) is 0 Å². The number of carbonyl (C=O) groups excluding carboxylic acids is 2. The van der Waals surface area contributed by atoms with Gasteiger partial charge in [0.25, 0.3) is 0 Å². The molecule has 2 amide bonds. The summed E-state index contributed by atoms with van der Waals surface area (Å²) in [7, 11) is 0. The van der Waals surface area contributed by atoms with E-state index in [2.05, 4.69) is 14.9 Å². The van der Waals surface area contributed by atoms with E-state index in [9.17, 15) is 9.59 Å². The molecule has 6 nitrogen and oxygen atoms in total. The van der Waals surface area contributed by atoms with Crippen LogP contribution in [0.1, 0.15) is 26.5 Å². The molecule has 2 unspecified atom stereocenters. The molecule has 2 fully saturated rings. The van der Waals surface area contributed by atoms with Crippen molar-refractivity contribution in [2.45, 2.75) is 27.3 Å². The maximum Gasteiger partial charge on any atom is 0.234 e. The Morgan fingerprint density at radius 3 is 2.53 bits per heavy atom. The van der Waals surface area contributed by atoms with Gasteiger partial charge in [0.1, 0.15) is 10.7 Å². The van der Waals surface area contributed by atoms with Crippen molar-refractivity contribution in [1.29, 1.82) is 0 Å². The fourth-order valence-electron chi connectivity index (χ4n) is 2.92. The van der Waals surface area contributed by atoms with Crippen LogP contribution in [0.15, 0.2) is 0 Å². The van der Waals surface area contributed by atoms with E-state index in [1.54, 1.807) is 0 Å². The molecule has 2 atom stereocenters. The van der Waals surface area contributed by atoms with Gasteiger partial charge in [-0.2, -0.15) is 0 Å². The van der Waals surface area contributed by atoms with E-state index in [1.807, 2.05) is 20.8 Å². The number of imide groups is 1. The second kappa shape index (κ2) is 4.00. The molecule has 1 saturated carbocycles. The van der Waals surface area contributed by atoms with Gasteiger partial charge in [-0.1, -0.05) is 18.3 Å². The van der Waals surface area contributed by atoms with Crippen LogP contribution in [0, 0.1) is 17.3 Å². The zero-order valence-electron chi connectivity index (χ0n) is 11.1. The lowest BCUT2D eigenvalue weighted by Crippen LogP contribution is -2.36. The molecule has 0 bridgehead atoms. The Labute approximate surface area is 115 Å². The van der Waals surface area contributed by atoms with E-state index >= 15 is 0 Å². The predicted molar refractivity (Wildman–Crippen MR) is 70.4 cm³/mol. The van der Waals surface area contributed by atoms with Gasteiger partial charge in [0.15, 0.2) is 0 Å². The third kappa shape index (κ3) is 1.68. The van der Waals surface area contributed by atoms with E-state index in [0.29, 0.717) is 5.69 Å². The van der Waals surface area contributed by atoms with Gasteiger partial charge in [-0.3, -0.25) is 14.5 Å². The third-order valence-electron chi connectivity index (χ3n) is 4.09. The molecule has 102 valence electrons. The highest BCUT2D eigenvalue weighted by atomic mass is 32.1. The zero-order valence-corrected chi connectivity index (χ0v) is 12.0. The summed E-state index contributed by atoms with van der Waals surface area (Å²) in [5.74, 6) is -0.380. The minimum atomic E-state index is -0.157. The largest absolute Gasteiger partial charge is 0.374 e. The number of likely N-dealkylation sites (tertiary alicyclic amines) is 1. The second-order valence-electron chi connectivity index (χ2n) is 5.62. The summed E-state index contributed by atoms with van der Waals surface area (Å²) in [5.41, 5.74) is 0.517. The van der Waals surface area contributed by atoms with E-state index in [-0.39, 0.29) is 35.6 Å². The maximum absolute atomic E-state index is 12.2. The van der Waals surface area contributed by atoms with Gasteiger partial charge in [-0.15, -0.1) is 5.10 Å². The van der Waals surface area contributed by atoms with E-state index in [0.717, 1.165) is 11.5 Å². The first-order valence-electron chi connectivity index (χ1n) is 6.38. The van der Waals surface area contributed by atoms with Crippen LogP contribution in [0.4, 0.5) is 5.00 Å². The van der Waals surface area contributed by atoms with Crippen LogP contribution < -0.4 is 5.32 Å². The molecule has 1 aliphatic carbocycles. The molecule has 2 heterocycles. The molecule has 7 heteroatoms. The molecule has 2 aliphatic rings. The van der Waals surface area contributed by atoms with Crippen molar-refractivity contribution >= 4 is 28.3 Å². The Balaban J connectivity index is 1.77. The Bertz CT molecular complexity index is 530. The number of carbonyl (C=O) groups is 2. The van der Waals surface area contributed by atoms with Crippen molar-refractivity contribution in [2.24, 2.45) is 17.3 Å². The first-order valence-corrected chi connectivity index (χ1v) is 7.16. The van der Waals surface area contributed by atoms with E-state index in [4.69, 9.17) is 0 Å². The summed E-state index contributed by atoms with van der Waals surface area (Å²) in [6.07, 6.45) is 0. The highest BCUT2D eigenvalue weighted by Crippen LogP contribution is 2.63. The number of fused-ring (bicyclic) bond motifs is 1. The zero-order chi connectivity index (χ0) is 13.8. The quantitative estimate of drug-likeness (QED) is 0.836. The summed E-state index contributed by atoms with van der Waals surface area (Å²) in [5, 5.41) is 7.98. The van der Waals surface area contributed by atoms with Crippen molar-refractivity contribution in [3.8, 4) is 0 Å². The number of rotatable bonds is 4. The van der Waals surface area contributed by atoms with Crippen molar-refractivity contribution in [2.75, 3.05) is 11.9 Å². The van der Waals surface area contributed by atoms with Gasteiger partial charge < -0.3 is 5.32 Å². The van der Waals surface area contributed by atoms with Crippen molar-refractivity contribution in [3.05, 3.63) is 5.69 Å². The summed E-state index contributed by atoms with van der Waals surface area (Å²) in [6, 6.07) is 0. The van der Waals surface area contributed by atoms with Gasteiger partial charge in [-0.25, -0.2) is 0 Å². The average Bonchev–Trinajstić information content (AvgIpc) is 2.64. The molecule has 0 aromatic carbocycles. The van der Waals surface area contributed by atoms with E-state index < -0.39 is 0 Å². The number of aromatic nitrogens is 2. The predicted octanol–water partition coefficient (Wildman–Crippen LogP) is 1.11. The Hall–Kier alpha value is -1.50. The van der Waals surface area contributed by atoms with Gasteiger partial charge in [-0.05, 0) is 12.3 Å². The minimum Gasteiger partial charge on any atom is -0.374 e. The van der Waals surface area contributed by atoms with Crippen LogP contribution >= 0.6 is 11.5 Å². The molecule has 0 radical (unpaired) electrons. The fourth-order valence-corrected chi connectivity index (χ4v) is 3.56. The molecule has 1 aliphatic heterocycles. The first kappa shape index (κ1) is 12.5. The van der Waals surface area contributed by atoms with Crippen molar-refractivity contribution in [1.82, 2.24) is 14.5 Å². The molecule has 1 saturated heterocycles. The summed E-state index contributed by atoms with van der Waals surface area (Å²) < 4.78 is 3.87. The van der Waals surface area contributed by atoms with E-state index in [1.165, 1.54) is 16.4 Å². The smallest absolute Gasteiger partial charge is 0.234 e. The number of piperidine rings is 1. The highest BCUT2D eigenvalue weighted by Gasteiger charge is 2.72. The Morgan fingerprint density at radius 1 is 1.32 bits per heavy atom. The van der Waals surface area contributed by atoms with Gasteiger partial charge in [0.2, 0.25) is 11.8 Å². The lowest BCUT2D eigenvalue weighted by atomic mass is 10.1. The highest BCUT2D eigenvalue weighted by molar-refractivity contribution is 7.10. The van der Waals surface area contributed by atoms with Crippen LogP contribution in [0.5, 0.6) is 0 Å². The standard InChI is InChI=1S/C12H16N4O2S/c1-4-13-9-6(14-15-19-9)5-16-10(17)7-8(11(16)18)12(7,2)3/h7-8,13H,4-5H2,1-3H3. The van der Waals surface area contributed by atoms with Crippen LogP contribution in [0.3, 0.4) is 0 Å². The van der Waals surface area contributed by atoms with Crippen LogP contribution in [-0.4, -0.2) is 32.8 Å². The fraction of sp³-hybridized carbons (Fsp3) is 0.667. The third-order valence-corrected chi connectivity index (χ3v) is 4.82. The Morgan fingerprint density at radius 2 is 1.95 bits per heavy atom. The average molecular weight is 280 g/mol. The number of nitrogens with one attached hydrogen (secondary N) is 1. The lowest BCUT2D eigenvalue weighted by molar-refractivity contribution is -0.143. The molecule has 1 aromatic rings. The minimum absolute atomic E-state index is 0.0598. The van der Waals surface area contributed by atoms with Gasteiger partial charge in [0.05, 0.1) is 18.4 Å². The molecule has 1 aromatic heterocycles. The van der Waals surface area contributed by atoms with Crippen LogP contribution in [0.25, 0.3) is 0 Å².